The van der Waals surface area contributed by atoms with Gasteiger partial charge in [-0.25, -0.2) is 4.79 Å². The summed E-state index contributed by atoms with van der Waals surface area (Å²) in [4.78, 5) is 35.1. The first-order valence-corrected chi connectivity index (χ1v) is 6.73. The van der Waals surface area contributed by atoms with Crippen molar-refractivity contribution in [2.24, 2.45) is 5.41 Å². The molecule has 0 spiro atoms. The predicted molar refractivity (Wildman–Crippen MR) is 67.8 cm³/mol. The number of hydrogen-bond acceptors (Lipinski definition) is 3. The molecular formula is C13H22N2O3. The zero-order valence-electron chi connectivity index (χ0n) is 11.2. The molecule has 1 aliphatic rings. The number of carbonyl (C=O) groups excluding carboxylic acids is 3. The van der Waals surface area contributed by atoms with Crippen molar-refractivity contribution in [2.75, 3.05) is 0 Å². The zero-order valence-corrected chi connectivity index (χ0v) is 11.2. The summed E-state index contributed by atoms with van der Waals surface area (Å²) >= 11 is 0. The van der Waals surface area contributed by atoms with Crippen molar-refractivity contribution in [1.29, 1.82) is 0 Å². The van der Waals surface area contributed by atoms with Crippen LogP contribution in [0.5, 0.6) is 0 Å². The fraction of sp³-hybridized carbons (Fsp3) is 0.769. The Balaban J connectivity index is 2.74. The summed E-state index contributed by atoms with van der Waals surface area (Å²) in [7, 11) is 0. The Morgan fingerprint density at radius 3 is 1.94 bits per heavy atom. The molecule has 102 valence electrons. The molecule has 0 unspecified atom stereocenters. The topological polar surface area (TPSA) is 75.3 Å². The fourth-order valence-corrected chi connectivity index (χ4v) is 2.44. The molecule has 1 saturated heterocycles. The highest BCUT2D eigenvalue weighted by Crippen LogP contribution is 2.33. The number of unbranched alkanes of at least 4 members (excludes halogenated alkanes) is 3. The van der Waals surface area contributed by atoms with Crippen LogP contribution in [0.3, 0.4) is 0 Å². The molecule has 5 nitrogen and oxygen atoms in total. The van der Waals surface area contributed by atoms with Gasteiger partial charge in [0.2, 0.25) is 11.8 Å². The van der Waals surface area contributed by atoms with Gasteiger partial charge in [0.25, 0.3) is 0 Å². The summed E-state index contributed by atoms with van der Waals surface area (Å²) in [6.07, 6.45) is 5.81. The molecule has 0 aromatic rings. The number of rotatable bonds is 7. The number of hydrogen-bond donors (Lipinski definition) is 2. The van der Waals surface area contributed by atoms with Gasteiger partial charge >= 0.3 is 6.03 Å². The van der Waals surface area contributed by atoms with Crippen molar-refractivity contribution in [3.8, 4) is 0 Å². The number of urea groups is 1. The summed E-state index contributed by atoms with van der Waals surface area (Å²) in [5, 5.41) is 4.43. The van der Waals surface area contributed by atoms with Crippen LogP contribution < -0.4 is 10.6 Å². The third-order valence-electron chi connectivity index (χ3n) is 3.46. The highest BCUT2D eigenvalue weighted by Gasteiger charge is 2.48. The second-order valence-electron chi connectivity index (χ2n) is 4.88. The first-order chi connectivity index (χ1) is 8.56. The molecule has 2 N–H and O–H groups in total. The highest BCUT2D eigenvalue weighted by molar-refractivity contribution is 6.19. The lowest BCUT2D eigenvalue weighted by Crippen LogP contribution is -2.62. The van der Waals surface area contributed by atoms with Crippen LogP contribution in [0.1, 0.15) is 58.8 Å². The molecule has 0 aliphatic carbocycles. The molecule has 0 atom stereocenters. The van der Waals surface area contributed by atoms with E-state index in [-0.39, 0.29) is 0 Å². The summed E-state index contributed by atoms with van der Waals surface area (Å²) in [5.41, 5.74) is -1.05. The van der Waals surface area contributed by atoms with E-state index in [0.717, 1.165) is 32.1 Å². The number of carbonyl (C=O) groups is 3. The maximum atomic E-state index is 12.0. The minimum atomic E-state index is -1.05. The van der Waals surface area contributed by atoms with E-state index in [1.165, 1.54) is 0 Å². The second kappa shape index (κ2) is 6.52. The van der Waals surface area contributed by atoms with E-state index >= 15 is 0 Å². The third kappa shape index (κ3) is 3.09. The average molecular weight is 254 g/mol. The fourth-order valence-electron chi connectivity index (χ4n) is 2.44. The Morgan fingerprint density at radius 2 is 1.44 bits per heavy atom. The maximum Gasteiger partial charge on any atom is 0.328 e. The largest absolute Gasteiger partial charge is 0.328 e. The zero-order chi connectivity index (χ0) is 13.6. The number of amides is 4. The van der Waals surface area contributed by atoms with Crippen LogP contribution in [0.25, 0.3) is 0 Å². The molecule has 1 heterocycles. The Kier molecular flexibility index (Phi) is 5.31. The second-order valence-corrected chi connectivity index (χ2v) is 4.88. The minimum absolute atomic E-state index is 0.436. The SMILES string of the molecule is CCCCCCC1(CCC)C(=O)NC(=O)NC1=O. The Labute approximate surface area is 108 Å². The molecule has 1 rings (SSSR count). The molecular weight excluding hydrogens is 232 g/mol. The molecule has 4 amide bonds. The Morgan fingerprint density at radius 1 is 0.833 bits per heavy atom. The number of barbiturate groups is 1. The van der Waals surface area contributed by atoms with Crippen molar-refractivity contribution in [2.45, 2.75) is 58.8 Å². The molecule has 0 aromatic carbocycles. The molecule has 1 fully saturated rings. The van der Waals surface area contributed by atoms with E-state index in [1.807, 2.05) is 6.92 Å². The van der Waals surface area contributed by atoms with Gasteiger partial charge in [0.05, 0.1) is 0 Å². The van der Waals surface area contributed by atoms with Gasteiger partial charge in [-0.05, 0) is 12.8 Å². The normalized spacial score (nSPS) is 18.4. The lowest BCUT2D eigenvalue weighted by molar-refractivity contribution is -0.145. The van der Waals surface area contributed by atoms with E-state index in [9.17, 15) is 14.4 Å². The Bertz CT molecular complexity index is 319. The minimum Gasteiger partial charge on any atom is -0.277 e. The molecule has 0 bridgehead atoms. The van der Waals surface area contributed by atoms with Crippen LogP contribution in [0.2, 0.25) is 0 Å². The molecule has 18 heavy (non-hydrogen) atoms. The first-order valence-electron chi connectivity index (χ1n) is 6.73. The van der Waals surface area contributed by atoms with Crippen molar-refractivity contribution in [3.63, 3.8) is 0 Å². The molecule has 0 aromatic heterocycles. The van der Waals surface area contributed by atoms with Crippen LogP contribution in [0.15, 0.2) is 0 Å². The van der Waals surface area contributed by atoms with Gasteiger partial charge in [-0.2, -0.15) is 0 Å². The van der Waals surface area contributed by atoms with Crippen molar-refractivity contribution in [1.82, 2.24) is 10.6 Å². The van der Waals surface area contributed by atoms with Crippen LogP contribution in [0, 0.1) is 5.41 Å². The Hall–Kier alpha value is -1.39. The first kappa shape index (κ1) is 14.7. The molecule has 5 heteroatoms. The van der Waals surface area contributed by atoms with E-state index in [2.05, 4.69) is 17.6 Å². The van der Waals surface area contributed by atoms with Crippen LogP contribution in [-0.4, -0.2) is 17.8 Å². The van der Waals surface area contributed by atoms with Crippen LogP contribution in [0.4, 0.5) is 4.79 Å². The third-order valence-corrected chi connectivity index (χ3v) is 3.46. The van der Waals surface area contributed by atoms with Crippen molar-refractivity contribution >= 4 is 17.8 Å². The lowest BCUT2D eigenvalue weighted by atomic mass is 9.76. The predicted octanol–water partition coefficient (Wildman–Crippen LogP) is 2.11. The van der Waals surface area contributed by atoms with E-state index in [1.54, 1.807) is 0 Å². The highest BCUT2D eigenvalue weighted by atomic mass is 16.2. The van der Waals surface area contributed by atoms with Gasteiger partial charge in [0, 0.05) is 0 Å². The number of imide groups is 2. The van der Waals surface area contributed by atoms with Gasteiger partial charge in [-0.1, -0.05) is 46.0 Å². The molecule has 1 aliphatic heterocycles. The van der Waals surface area contributed by atoms with Gasteiger partial charge in [0.15, 0.2) is 0 Å². The van der Waals surface area contributed by atoms with Gasteiger partial charge in [0.1, 0.15) is 5.41 Å². The smallest absolute Gasteiger partial charge is 0.277 e. The summed E-state index contributed by atoms with van der Waals surface area (Å²) < 4.78 is 0. The molecule has 0 saturated carbocycles. The quantitative estimate of drug-likeness (QED) is 0.539. The van der Waals surface area contributed by atoms with Crippen molar-refractivity contribution in [3.05, 3.63) is 0 Å². The average Bonchev–Trinajstić information content (AvgIpc) is 2.31. The summed E-state index contributed by atoms with van der Waals surface area (Å²) in [6.45, 7) is 4.05. The van der Waals surface area contributed by atoms with Gasteiger partial charge in [-0.15, -0.1) is 0 Å². The van der Waals surface area contributed by atoms with Gasteiger partial charge in [-0.3, -0.25) is 20.2 Å². The molecule has 0 radical (unpaired) electrons. The maximum absolute atomic E-state index is 12.0. The summed E-state index contributed by atoms with van der Waals surface area (Å²) in [5.74, 6) is -0.871. The van der Waals surface area contributed by atoms with E-state index in [4.69, 9.17) is 0 Å². The lowest BCUT2D eigenvalue weighted by Gasteiger charge is -2.33. The monoisotopic (exact) mass is 254 g/mol. The van der Waals surface area contributed by atoms with Crippen LogP contribution in [-0.2, 0) is 9.59 Å². The van der Waals surface area contributed by atoms with E-state index in [0.29, 0.717) is 12.8 Å². The van der Waals surface area contributed by atoms with Crippen molar-refractivity contribution < 1.29 is 14.4 Å². The summed E-state index contributed by atoms with van der Waals surface area (Å²) in [6, 6.07) is -0.703. The van der Waals surface area contributed by atoms with Crippen LogP contribution >= 0.6 is 0 Å². The standard InChI is InChI=1S/C13H22N2O3/c1-3-5-6-7-9-13(8-4-2)10(16)14-12(18)15-11(13)17/h3-9H2,1-2H3,(H2,14,15,16,17,18). The van der Waals surface area contributed by atoms with Gasteiger partial charge < -0.3 is 0 Å². The number of nitrogens with one attached hydrogen (secondary N) is 2. The van der Waals surface area contributed by atoms with E-state index < -0.39 is 23.3 Å².